The topological polar surface area (TPSA) is 86.6 Å². The largest absolute Gasteiger partial charge is 0.481 e. The standard InChI is InChI=1S/C11H21NO4/c1-8(7-11(15)16)6-10(14)12-5-3-4-9(2)13/h8-9,13H,3-7H2,1-2H3,(H,12,14)(H,15,16). The minimum absolute atomic E-state index is 0.0150. The highest BCUT2D eigenvalue weighted by atomic mass is 16.4. The maximum Gasteiger partial charge on any atom is 0.303 e. The number of carbonyl (C=O) groups is 2. The second-order valence-corrected chi connectivity index (χ2v) is 4.25. The normalized spacial score (nSPS) is 14.2. The van der Waals surface area contributed by atoms with Gasteiger partial charge in [0.2, 0.25) is 5.91 Å². The number of carboxylic acids is 1. The zero-order chi connectivity index (χ0) is 12.6. The Morgan fingerprint density at radius 3 is 2.38 bits per heavy atom. The molecule has 0 rings (SSSR count). The molecule has 0 spiro atoms. The number of carboxylic acid groups (broad SMARTS) is 1. The van der Waals surface area contributed by atoms with E-state index in [9.17, 15) is 9.59 Å². The predicted molar refractivity (Wildman–Crippen MR) is 60.0 cm³/mol. The summed E-state index contributed by atoms with van der Waals surface area (Å²) in [6, 6.07) is 0. The molecule has 2 unspecified atom stereocenters. The Bertz CT molecular complexity index is 228. The summed E-state index contributed by atoms with van der Waals surface area (Å²) in [5.41, 5.74) is 0. The first-order chi connectivity index (χ1) is 7.41. The van der Waals surface area contributed by atoms with Gasteiger partial charge in [0.15, 0.2) is 0 Å². The Morgan fingerprint density at radius 1 is 1.25 bits per heavy atom. The van der Waals surface area contributed by atoms with E-state index in [1.54, 1.807) is 13.8 Å². The van der Waals surface area contributed by atoms with Gasteiger partial charge >= 0.3 is 5.97 Å². The number of carbonyl (C=O) groups excluding carboxylic acids is 1. The molecule has 94 valence electrons. The molecule has 3 N–H and O–H groups in total. The number of aliphatic carboxylic acids is 1. The molecule has 16 heavy (non-hydrogen) atoms. The van der Waals surface area contributed by atoms with Crippen molar-refractivity contribution in [3.63, 3.8) is 0 Å². The molecule has 0 heterocycles. The zero-order valence-corrected chi connectivity index (χ0v) is 9.90. The quantitative estimate of drug-likeness (QED) is 0.538. The molecule has 2 atom stereocenters. The van der Waals surface area contributed by atoms with Gasteiger partial charge in [-0.3, -0.25) is 9.59 Å². The molecule has 0 aliphatic heterocycles. The highest BCUT2D eigenvalue weighted by Crippen LogP contribution is 2.06. The molecule has 0 saturated carbocycles. The molecule has 0 aromatic heterocycles. The first-order valence-electron chi connectivity index (χ1n) is 5.58. The SMILES string of the molecule is CC(O)CCCNC(=O)CC(C)CC(=O)O. The fraction of sp³-hybridized carbons (Fsp3) is 0.818. The van der Waals surface area contributed by atoms with E-state index in [2.05, 4.69) is 5.32 Å². The molecule has 5 nitrogen and oxygen atoms in total. The zero-order valence-electron chi connectivity index (χ0n) is 9.90. The van der Waals surface area contributed by atoms with Crippen molar-refractivity contribution in [1.82, 2.24) is 5.32 Å². The second-order valence-electron chi connectivity index (χ2n) is 4.25. The van der Waals surface area contributed by atoms with Crippen LogP contribution in [0.4, 0.5) is 0 Å². The van der Waals surface area contributed by atoms with E-state index in [1.807, 2.05) is 0 Å². The molecule has 5 heteroatoms. The molecular formula is C11H21NO4. The molecule has 0 radical (unpaired) electrons. The number of hydrogen-bond acceptors (Lipinski definition) is 3. The number of aliphatic hydroxyl groups is 1. The fourth-order valence-corrected chi connectivity index (χ4v) is 1.38. The summed E-state index contributed by atoms with van der Waals surface area (Å²) in [4.78, 5) is 21.7. The molecule has 0 fully saturated rings. The van der Waals surface area contributed by atoms with Crippen LogP contribution in [0.15, 0.2) is 0 Å². The summed E-state index contributed by atoms with van der Waals surface area (Å²) < 4.78 is 0. The third-order valence-electron chi connectivity index (χ3n) is 2.18. The van der Waals surface area contributed by atoms with Gasteiger partial charge < -0.3 is 15.5 Å². The highest BCUT2D eigenvalue weighted by molar-refractivity contribution is 5.77. The average molecular weight is 231 g/mol. The Labute approximate surface area is 95.9 Å². The van der Waals surface area contributed by atoms with Crippen molar-refractivity contribution >= 4 is 11.9 Å². The Balaban J connectivity index is 3.54. The van der Waals surface area contributed by atoms with Crippen molar-refractivity contribution in [2.75, 3.05) is 6.54 Å². The summed E-state index contributed by atoms with van der Waals surface area (Å²) in [5, 5.41) is 20.2. The molecule has 0 aromatic rings. The molecule has 0 aromatic carbocycles. The van der Waals surface area contributed by atoms with Gasteiger partial charge in [-0.15, -0.1) is 0 Å². The summed E-state index contributed by atoms with van der Waals surface area (Å²) in [5.74, 6) is -1.15. The second kappa shape index (κ2) is 8.10. The van der Waals surface area contributed by atoms with Gasteiger partial charge in [-0.05, 0) is 25.7 Å². The average Bonchev–Trinajstić information content (AvgIpc) is 2.10. The van der Waals surface area contributed by atoms with Gasteiger partial charge in [0.05, 0.1) is 6.10 Å². The Morgan fingerprint density at radius 2 is 1.88 bits per heavy atom. The number of amides is 1. The van der Waals surface area contributed by atoms with Crippen LogP contribution >= 0.6 is 0 Å². The van der Waals surface area contributed by atoms with Crippen molar-refractivity contribution in [3.8, 4) is 0 Å². The van der Waals surface area contributed by atoms with Gasteiger partial charge in [-0.25, -0.2) is 0 Å². The maximum absolute atomic E-state index is 11.3. The Kier molecular flexibility index (Phi) is 7.54. The van der Waals surface area contributed by atoms with Crippen LogP contribution in [0.1, 0.15) is 39.5 Å². The van der Waals surface area contributed by atoms with Crippen LogP contribution in [0.25, 0.3) is 0 Å². The van der Waals surface area contributed by atoms with Gasteiger partial charge in [0, 0.05) is 19.4 Å². The lowest BCUT2D eigenvalue weighted by Crippen LogP contribution is -2.27. The molecule has 0 bridgehead atoms. The first kappa shape index (κ1) is 14.9. The van der Waals surface area contributed by atoms with E-state index in [0.717, 1.165) is 6.42 Å². The number of hydrogen-bond donors (Lipinski definition) is 3. The lowest BCUT2D eigenvalue weighted by atomic mass is 10.0. The van der Waals surface area contributed by atoms with Gasteiger partial charge in [0.25, 0.3) is 0 Å². The van der Waals surface area contributed by atoms with Crippen LogP contribution in [-0.4, -0.2) is 34.7 Å². The molecule has 1 amide bonds. The van der Waals surface area contributed by atoms with Crippen molar-refractivity contribution < 1.29 is 19.8 Å². The van der Waals surface area contributed by atoms with Crippen LogP contribution in [-0.2, 0) is 9.59 Å². The lowest BCUT2D eigenvalue weighted by Gasteiger charge is -2.09. The summed E-state index contributed by atoms with van der Waals surface area (Å²) in [6.07, 6.45) is 1.30. The first-order valence-corrected chi connectivity index (χ1v) is 5.58. The number of aliphatic hydroxyl groups excluding tert-OH is 1. The fourth-order valence-electron chi connectivity index (χ4n) is 1.38. The van der Waals surface area contributed by atoms with E-state index in [-0.39, 0.29) is 30.8 Å². The van der Waals surface area contributed by atoms with E-state index in [1.165, 1.54) is 0 Å². The smallest absolute Gasteiger partial charge is 0.303 e. The van der Waals surface area contributed by atoms with Crippen LogP contribution in [0.3, 0.4) is 0 Å². The maximum atomic E-state index is 11.3. The third-order valence-corrected chi connectivity index (χ3v) is 2.18. The monoisotopic (exact) mass is 231 g/mol. The molecular weight excluding hydrogens is 210 g/mol. The highest BCUT2D eigenvalue weighted by Gasteiger charge is 2.11. The summed E-state index contributed by atoms with van der Waals surface area (Å²) in [7, 11) is 0. The predicted octanol–water partition coefficient (Wildman–Crippen LogP) is 0.764. The molecule has 0 aliphatic rings. The van der Waals surface area contributed by atoms with Gasteiger partial charge in [-0.1, -0.05) is 6.92 Å². The summed E-state index contributed by atoms with van der Waals surface area (Å²) >= 11 is 0. The van der Waals surface area contributed by atoms with E-state index >= 15 is 0 Å². The van der Waals surface area contributed by atoms with Crippen LogP contribution < -0.4 is 5.32 Å². The van der Waals surface area contributed by atoms with Crippen LogP contribution in [0.5, 0.6) is 0 Å². The number of rotatable bonds is 8. The summed E-state index contributed by atoms with van der Waals surface area (Å²) in [6.45, 7) is 3.98. The Hall–Kier alpha value is -1.10. The van der Waals surface area contributed by atoms with Crippen molar-refractivity contribution in [2.24, 2.45) is 5.92 Å². The van der Waals surface area contributed by atoms with Crippen molar-refractivity contribution in [2.45, 2.75) is 45.6 Å². The van der Waals surface area contributed by atoms with Gasteiger partial charge in [-0.2, -0.15) is 0 Å². The lowest BCUT2D eigenvalue weighted by molar-refractivity contribution is -0.138. The van der Waals surface area contributed by atoms with E-state index in [4.69, 9.17) is 10.2 Å². The van der Waals surface area contributed by atoms with Crippen molar-refractivity contribution in [3.05, 3.63) is 0 Å². The van der Waals surface area contributed by atoms with Crippen LogP contribution in [0, 0.1) is 5.92 Å². The molecule has 0 saturated heterocycles. The minimum Gasteiger partial charge on any atom is -0.481 e. The number of nitrogens with one attached hydrogen (secondary N) is 1. The minimum atomic E-state index is -0.880. The van der Waals surface area contributed by atoms with Gasteiger partial charge in [0.1, 0.15) is 0 Å². The van der Waals surface area contributed by atoms with Crippen molar-refractivity contribution in [1.29, 1.82) is 0 Å². The van der Waals surface area contributed by atoms with Crippen LogP contribution in [0.2, 0.25) is 0 Å². The molecule has 0 aliphatic carbocycles. The third kappa shape index (κ3) is 9.45. The van der Waals surface area contributed by atoms with E-state index in [0.29, 0.717) is 13.0 Å². The van der Waals surface area contributed by atoms with E-state index < -0.39 is 5.97 Å².